The van der Waals surface area contributed by atoms with E-state index in [2.05, 4.69) is 24.7 Å². The molecule has 0 bridgehead atoms. The number of nitrogens with zero attached hydrogens (tertiary/aromatic N) is 4. The first-order valence-corrected chi connectivity index (χ1v) is 11.0. The van der Waals surface area contributed by atoms with Crippen molar-refractivity contribution in [2.45, 2.75) is 0 Å². The number of benzene rings is 1. The lowest BCUT2D eigenvalue weighted by Gasteiger charge is -2.14. The van der Waals surface area contributed by atoms with Gasteiger partial charge in [-0.3, -0.25) is 9.52 Å². The van der Waals surface area contributed by atoms with E-state index in [1.807, 2.05) is 0 Å². The standard InChI is InChI=1S/C21H19FN6O4S/c1-28(2)33(30,31)27-16-6-4-5-13(19(16)22)20(29)15-9-26-21-14(15)7-12(8-25-21)17-10-24-18(32-3)11-23-17/h4-11,27H,1-3H3,(H,25,26). The zero-order chi connectivity index (χ0) is 23.8. The zero-order valence-corrected chi connectivity index (χ0v) is 18.6. The molecule has 0 amide bonds. The van der Waals surface area contributed by atoms with Gasteiger partial charge in [0.2, 0.25) is 5.88 Å². The summed E-state index contributed by atoms with van der Waals surface area (Å²) in [6.07, 6.45) is 5.97. The molecule has 0 aliphatic rings. The molecule has 2 N–H and O–H groups in total. The summed E-state index contributed by atoms with van der Waals surface area (Å²) < 4.78 is 47.3. The first-order chi connectivity index (χ1) is 15.7. The van der Waals surface area contributed by atoms with E-state index in [-0.39, 0.29) is 16.8 Å². The number of nitrogens with one attached hydrogen (secondary N) is 2. The average Bonchev–Trinajstić information content (AvgIpc) is 3.23. The second-order valence-electron chi connectivity index (χ2n) is 7.15. The van der Waals surface area contributed by atoms with Crippen LogP contribution in [0, 0.1) is 5.82 Å². The first-order valence-electron chi connectivity index (χ1n) is 9.58. The number of rotatable bonds is 7. The second kappa shape index (κ2) is 8.56. The van der Waals surface area contributed by atoms with E-state index in [9.17, 15) is 13.2 Å². The summed E-state index contributed by atoms with van der Waals surface area (Å²) in [5.74, 6) is -1.26. The fourth-order valence-electron chi connectivity index (χ4n) is 3.06. The normalized spacial score (nSPS) is 11.7. The number of halogens is 1. The lowest BCUT2D eigenvalue weighted by molar-refractivity contribution is 0.103. The second-order valence-corrected chi connectivity index (χ2v) is 9.04. The molecule has 0 unspecified atom stereocenters. The van der Waals surface area contributed by atoms with Crippen molar-refractivity contribution in [3.05, 3.63) is 66.0 Å². The van der Waals surface area contributed by atoms with Crippen molar-refractivity contribution in [1.29, 1.82) is 0 Å². The third-order valence-corrected chi connectivity index (χ3v) is 6.31. The number of aromatic amines is 1. The predicted octanol–water partition coefficient (Wildman–Crippen LogP) is 2.62. The molecule has 4 rings (SSSR count). The van der Waals surface area contributed by atoms with Crippen molar-refractivity contribution in [3.8, 4) is 17.1 Å². The SMILES string of the molecule is COc1cnc(-c2cnc3[nH]cc(C(=O)c4cccc(NS(=O)(=O)N(C)C)c4F)c3c2)cn1. The molecular weight excluding hydrogens is 451 g/mol. The molecule has 3 heterocycles. The Kier molecular flexibility index (Phi) is 5.78. The molecular formula is C21H19FN6O4S. The summed E-state index contributed by atoms with van der Waals surface area (Å²) >= 11 is 0. The van der Waals surface area contributed by atoms with Gasteiger partial charge in [-0.1, -0.05) is 6.07 Å². The van der Waals surface area contributed by atoms with Crippen LogP contribution >= 0.6 is 0 Å². The van der Waals surface area contributed by atoms with Gasteiger partial charge in [0.15, 0.2) is 11.6 Å². The third-order valence-electron chi connectivity index (χ3n) is 4.87. The van der Waals surface area contributed by atoms with E-state index in [0.29, 0.717) is 28.2 Å². The number of pyridine rings is 1. The number of carbonyl (C=O) groups excluding carboxylic acids is 1. The van der Waals surface area contributed by atoms with Crippen molar-refractivity contribution < 1.29 is 22.3 Å². The van der Waals surface area contributed by atoms with Crippen LogP contribution in [0.3, 0.4) is 0 Å². The topological polar surface area (TPSA) is 130 Å². The molecule has 3 aromatic heterocycles. The lowest BCUT2D eigenvalue weighted by Crippen LogP contribution is -2.29. The van der Waals surface area contributed by atoms with Gasteiger partial charge in [-0.25, -0.2) is 19.3 Å². The van der Waals surface area contributed by atoms with E-state index >= 15 is 4.39 Å². The van der Waals surface area contributed by atoms with Crippen LogP contribution in [0.15, 0.2) is 49.1 Å². The smallest absolute Gasteiger partial charge is 0.301 e. The summed E-state index contributed by atoms with van der Waals surface area (Å²) in [5.41, 5.74) is 1.09. The Hall–Kier alpha value is -3.90. The van der Waals surface area contributed by atoms with E-state index < -0.39 is 21.8 Å². The van der Waals surface area contributed by atoms with Gasteiger partial charge in [-0.2, -0.15) is 12.7 Å². The number of anilines is 1. The summed E-state index contributed by atoms with van der Waals surface area (Å²) in [6, 6.07) is 5.62. The van der Waals surface area contributed by atoms with Crippen LogP contribution in [0.1, 0.15) is 15.9 Å². The van der Waals surface area contributed by atoms with Crippen molar-refractivity contribution >= 4 is 32.7 Å². The fraction of sp³-hybridized carbons (Fsp3) is 0.143. The van der Waals surface area contributed by atoms with Crippen molar-refractivity contribution in [1.82, 2.24) is 24.2 Å². The van der Waals surface area contributed by atoms with Gasteiger partial charge in [0, 0.05) is 43.0 Å². The molecule has 33 heavy (non-hydrogen) atoms. The number of hydrogen-bond acceptors (Lipinski definition) is 7. The number of ether oxygens (including phenoxy) is 1. The van der Waals surface area contributed by atoms with Crippen LogP contribution in [0.5, 0.6) is 5.88 Å². The molecule has 0 aliphatic heterocycles. The third kappa shape index (κ3) is 4.25. The number of methoxy groups -OCH3 is 1. The van der Waals surface area contributed by atoms with E-state index in [1.54, 1.807) is 12.3 Å². The number of hydrogen-bond donors (Lipinski definition) is 2. The van der Waals surface area contributed by atoms with Gasteiger partial charge in [0.05, 0.1) is 36.4 Å². The Morgan fingerprint density at radius 3 is 2.58 bits per heavy atom. The maximum absolute atomic E-state index is 15.1. The average molecular weight is 470 g/mol. The van der Waals surface area contributed by atoms with Gasteiger partial charge in [-0.05, 0) is 18.2 Å². The minimum absolute atomic E-state index is 0.173. The Balaban J connectivity index is 1.73. The highest BCUT2D eigenvalue weighted by Crippen LogP contribution is 2.28. The van der Waals surface area contributed by atoms with E-state index in [0.717, 1.165) is 4.31 Å². The molecule has 0 fully saturated rings. The van der Waals surface area contributed by atoms with E-state index in [1.165, 1.54) is 58.0 Å². The van der Waals surface area contributed by atoms with Gasteiger partial charge in [0.1, 0.15) is 5.65 Å². The molecule has 0 radical (unpaired) electrons. The number of fused-ring (bicyclic) bond motifs is 1. The molecule has 0 saturated heterocycles. The summed E-state index contributed by atoms with van der Waals surface area (Å²) in [4.78, 5) is 28.8. The molecule has 10 nitrogen and oxygen atoms in total. The fourth-order valence-corrected chi connectivity index (χ4v) is 3.68. The van der Waals surface area contributed by atoms with Crippen LogP contribution in [-0.4, -0.2) is 59.6 Å². The van der Waals surface area contributed by atoms with Crippen LogP contribution in [0.4, 0.5) is 10.1 Å². The minimum Gasteiger partial charge on any atom is -0.480 e. The van der Waals surface area contributed by atoms with Crippen LogP contribution in [0.25, 0.3) is 22.3 Å². The maximum Gasteiger partial charge on any atom is 0.301 e. The van der Waals surface area contributed by atoms with Gasteiger partial charge < -0.3 is 9.72 Å². The number of carbonyl (C=O) groups is 1. The molecule has 0 aliphatic carbocycles. The van der Waals surface area contributed by atoms with Crippen LogP contribution in [0.2, 0.25) is 0 Å². The molecule has 12 heteroatoms. The summed E-state index contributed by atoms with van der Waals surface area (Å²) in [6.45, 7) is 0. The number of H-pyrrole nitrogens is 1. The van der Waals surface area contributed by atoms with E-state index in [4.69, 9.17) is 4.74 Å². The lowest BCUT2D eigenvalue weighted by atomic mass is 10.0. The molecule has 0 atom stereocenters. The van der Waals surface area contributed by atoms with Gasteiger partial charge >= 0.3 is 10.2 Å². The van der Waals surface area contributed by atoms with Gasteiger partial charge in [-0.15, -0.1) is 0 Å². The molecule has 0 saturated carbocycles. The molecule has 0 spiro atoms. The largest absolute Gasteiger partial charge is 0.480 e. The molecule has 1 aromatic carbocycles. The number of aromatic nitrogens is 4. The van der Waals surface area contributed by atoms with Crippen LogP contribution in [-0.2, 0) is 10.2 Å². The summed E-state index contributed by atoms with van der Waals surface area (Å²) in [5, 5.41) is 0.453. The summed E-state index contributed by atoms with van der Waals surface area (Å²) in [7, 11) is 0.138. The highest BCUT2D eigenvalue weighted by atomic mass is 32.2. The molecule has 4 aromatic rings. The zero-order valence-electron chi connectivity index (χ0n) is 17.8. The highest BCUT2D eigenvalue weighted by Gasteiger charge is 2.23. The maximum atomic E-state index is 15.1. The molecule has 170 valence electrons. The monoisotopic (exact) mass is 470 g/mol. The Morgan fingerprint density at radius 1 is 1.12 bits per heavy atom. The first kappa shape index (κ1) is 22.3. The van der Waals surface area contributed by atoms with Crippen molar-refractivity contribution in [3.63, 3.8) is 0 Å². The van der Waals surface area contributed by atoms with Crippen LogP contribution < -0.4 is 9.46 Å². The predicted molar refractivity (Wildman–Crippen MR) is 120 cm³/mol. The highest BCUT2D eigenvalue weighted by molar-refractivity contribution is 7.90. The Labute approximate surface area is 188 Å². The van der Waals surface area contributed by atoms with Crippen molar-refractivity contribution in [2.24, 2.45) is 0 Å². The minimum atomic E-state index is -3.95. The van der Waals surface area contributed by atoms with Crippen molar-refractivity contribution in [2.75, 3.05) is 25.9 Å². The Morgan fingerprint density at radius 2 is 1.91 bits per heavy atom. The Bertz CT molecular complexity index is 1450. The number of ketones is 1. The quantitative estimate of drug-likeness (QED) is 0.397. The van der Waals surface area contributed by atoms with Gasteiger partial charge in [0.25, 0.3) is 0 Å².